The van der Waals surface area contributed by atoms with Gasteiger partial charge in [-0.15, -0.1) is 0 Å². The smallest absolute Gasteiger partial charge is 0.150 e. The Morgan fingerprint density at radius 2 is 1.68 bits per heavy atom. The summed E-state index contributed by atoms with van der Waals surface area (Å²) in [5.74, 6) is -1.63. The molecule has 0 bridgehead atoms. The van der Waals surface area contributed by atoms with Crippen molar-refractivity contribution < 1.29 is 13.6 Å². The number of halogens is 4. The van der Waals surface area contributed by atoms with Crippen LogP contribution in [0.4, 0.5) is 8.78 Å². The molecule has 0 amide bonds. The molecule has 0 aliphatic rings. The number of benzene rings is 2. The SMILES string of the molecule is O=Cc1cc(F)c(Sc2cc(Cl)ccc2Cl)c(F)c1. The van der Waals surface area contributed by atoms with Crippen LogP contribution in [0.3, 0.4) is 0 Å². The van der Waals surface area contributed by atoms with Crippen molar-refractivity contribution in [3.63, 3.8) is 0 Å². The van der Waals surface area contributed by atoms with E-state index in [1.54, 1.807) is 12.1 Å². The molecule has 6 heteroatoms. The summed E-state index contributed by atoms with van der Waals surface area (Å²) in [6, 6.07) is 6.58. The number of hydrogen-bond donors (Lipinski definition) is 0. The highest BCUT2D eigenvalue weighted by Gasteiger charge is 2.14. The fourth-order valence-corrected chi connectivity index (χ4v) is 2.76. The largest absolute Gasteiger partial charge is 0.298 e. The van der Waals surface area contributed by atoms with Crippen LogP contribution in [0.2, 0.25) is 10.0 Å². The Bertz CT molecular complexity index is 624. The standard InChI is InChI=1S/C13H6Cl2F2OS/c14-8-1-2-9(15)12(5-8)19-13-10(16)3-7(6-18)4-11(13)17/h1-6H. The maximum absolute atomic E-state index is 13.7. The van der Waals surface area contributed by atoms with Crippen molar-refractivity contribution in [1.82, 2.24) is 0 Å². The molecule has 98 valence electrons. The molecule has 0 heterocycles. The van der Waals surface area contributed by atoms with Gasteiger partial charge in [-0.1, -0.05) is 35.0 Å². The molecule has 0 saturated carbocycles. The summed E-state index contributed by atoms with van der Waals surface area (Å²) < 4.78 is 27.4. The minimum absolute atomic E-state index is 0.0588. The van der Waals surface area contributed by atoms with Crippen molar-refractivity contribution in [1.29, 1.82) is 0 Å². The van der Waals surface area contributed by atoms with Gasteiger partial charge in [-0.3, -0.25) is 4.79 Å². The van der Waals surface area contributed by atoms with Crippen molar-refractivity contribution in [3.8, 4) is 0 Å². The topological polar surface area (TPSA) is 17.1 Å². The maximum Gasteiger partial charge on any atom is 0.150 e. The van der Waals surface area contributed by atoms with Crippen molar-refractivity contribution in [3.05, 3.63) is 57.6 Å². The molecular formula is C13H6Cl2F2OS. The monoisotopic (exact) mass is 318 g/mol. The Kier molecular flexibility index (Phi) is 4.45. The number of rotatable bonds is 3. The van der Waals surface area contributed by atoms with E-state index >= 15 is 0 Å². The summed E-state index contributed by atoms with van der Waals surface area (Å²) in [6.07, 6.45) is 0.382. The summed E-state index contributed by atoms with van der Waals surface area (Å²) in [5, 5.41) is 0.755. The van der Waals surface area contributed by atoms with E-state index in [0.29, 0.717) is 21.2 Å². The molecule has 2 rings (SSSR count). The molecule has 0 radical (unpaired) electrons. The first-order chi connectivity index (χ1) is 9.01. The molecule has 0 unspecified atom stereocenters. The highest BCUT2D eigenvalue weighted by molar-refractivity contribution is 7.99. The molecule has 0 aliphatic heterocycles. The normalized spacial score (nSPS) is 10.5. The zero-order valence-corrected chi connectivity index (χ0v) is 11.6. The van der Waals surface area contributed by atoms with Crippen LogP contribution in [0.15, 0.2) is 40.1 Å². The van der Waals surface area contributed by atoms with Crippen LogP contribution in [0.1, 0.15) is 10.4 Å². The zero-order valence-electron chi connectivity index (χ0n) is 9.29. The van der Waals surface area contributed by atoms with Crippen LogP contribution in [0.25, 0.3) is 0 Å². The van der Waals surface area contributed by atoms with E-state index in [0.717, 1.165) is 23.9 Å². The Morgan fingerprint density at radius 3 is 2.26 bits per heavy atom. The second-order valence-electron chi connectivity index (χ2n) is 3.61. The molecule has 0 aromatic heterocycles. The second-order valence-corrected chi connectivity index (χ2v) is 5.50. The lowest BCUT2D eigenvalue weighted by Gasteiger charge is -2.07. The number of carbonyl (C=O) groups excluding carboxylic acids is 1. The molecular weight excluding hydrogens is 313 g/mol. The van der Waals surface area contributed by atoms with Gasteiger partial charge in [-0.25, -0.2) is 8.78 Å². The second kappa shape index (κ2) is 5.90. The highest BCUT2D eigenvalue weighted by atomic mass is 35.5. The average Bonchev–Trinajstić information content (AvgIpc) is 2.37. The predicted octanol–water partition coefficient (Wildman–Crippen LogP) is 5.24. The number of hydrogen-bond acceptors (Lipinski definition) is 2. The van der Waals surface area contributed by atoms with E-state index in [1.165, 1.54) is 6.07 Å². The molecule has 0 spiro atoms. The van der Waals surface area contributed by atoms with E-state index in [2.05, 4.69) is 0 Å². The van der Waals surface area contributed by atoms with Gasteiger partial charge in [0.1, 0.15) is 17.9 Å². The van der Waals surface area contributed by atoms with Gasteiger partial charge < -0.3 is 0 Å². The van der Waals surface area contributed by atoms with Crippen molar-refractivity contribution >= 4 is 41.2 Å². The first kappa shape index (κ1) is 14.3. The molecule has 2 aromatic carbocycles. The van der Waals surface area contributed by atoms with Gasteiger partial charge in [0.2, 0.25) is 0 Å². The van der Waals surface area contributed by atoms with Crippen molar-refractivity contribution in [2.24, 2.45) is 0 Å². The fraction of sp³-hybridized carbons (Fsp3) is 0. The van der Waals surface area contributed by atoms with Crippen molar-refractivity contribution in [2.45, 2.75) is 9.79 Å². The van der Waals surface area contributed by atoms with E-state index in [1.807, 2.05) is 0 Å². The van der Waals surface area contributed by atoms with E-state index < -0.39 is 11.6 Å². The summed E-state index contributed by atoms with van der Waals surface area (Å²) in [6.45, 7) is 0. The van der Waals surface area contributed by atoms with Gasteiger partial charge in [0.25, 0.3) is 0 Å². The van der Waals surface area contributed by atoms with E-state index in [-0.39, 0.29) is 10.5 Å². The molecule has 0 aliphatic carbocycles. The Balaban J connectivity index is 2.43. The van der Waals surface area contributed by atoms with Crippen LogP contribution in [0.5, 0.6) is 0 Å². The van der Waals surface area contributed by atoms with Gasteiger partial charge in [0, 0.05) is 15.5 Å². The third-order valence-corrected chi connectivity index (χ3v) is 4.09. The van der Waals surface area contributed by atoms with Crippen molar-refractivity contribution in [2.75, 3.05) is 0 Å². The molecule has 0 saturated heterocycles. The third-order valence-electron chi connectivity index (χ3n) is 2.26. The lowest BCUT2D eigenvalue weighted by molar-refractivity contribution is 0.112. The number of aldehydes is 1. The van der Waals surface area contributed by atoms with Gasteiger partial charge in [0.05, 0.1) is 9.92 Å². The van der Waals surface area contributed by atoms with Crippen LogP contribution in [-0.4, -0.2) is 6.29 Å². The minimum atomic E-state index is -0.817. The average molecular weight is 319 g/mol. The van der Waals surface area contributed by atoms with Gasteiger partial charge in [-0.2, -0.15) is 0 Å². The molecule has 2 aromatic rings. The molecule has 0 atom stereocenters. The van der Waals surface area contributed by atoms with Gasteiger partial charge in [-0.05, 0) is 30.3 Å². The molecule has 0 fully saturated rings. The maximum atomic E-state index is 13.7. The Labute approximate surface area is 122 Å². The summed E-state index contributed by atoms with van der Waals surface area (Å²) >= 11 is 12.6. The fourth-order valence-electron chi connectivity index (χ4n) is 1.41. The van der Waals surface area contributed by atoms with Gasteiger partial charge >= 0.3 is 0 Å². The minimum Gasteiger partial charge on any atom is -0.298 e. The summed E-state index contributed by atoms with van der Waals surface area (Å²) in [4.78, 5) is 10.7. The van der Waals surface area contributed by atoms with Crippen LogP contribution in [0, 0.1) is 11.6 Å². The zero-order chi connectivity index (χ0) is 14.0. The first-order valence-electron chi connectivity index (χ1n) is 5.08. The third kappa shape index (κ3) is 3.26. The summed E-state index contributed by atoms with van der Waals surface area (Å²) in [5.41, 5.74) is -0.0588. The van der Waals surface area contributed by atoms with Gasteiger partial charge in [0.15, 0.2) is 0 Å². The van der Waals surface area contributed by atoms with Crippen LogP contribution in [-0.2, 0) is 0 Å². The quantitative estimate of drug-likeness (QED) is 0.720. The molecule has 0 N–H and O–H groups in total. The van der Waals surface area contributed by atoms with E-state index in [4.69, 9.17) is 23.2 Å². The summed E-state index contributed by atoms with van der Waals surface area (Å²) in [7, 11) is 0. The lowest BCUT2D eigenvalue weighted by atomic mass is 10.2. The Hall–Kier alpha value is -1.10. The first-order valence-corrected chi connectivity index (χ1v) is 6.65. The molecule has 19 heavy (non-hydrogen) atoms. The molecule has 1 nitrogen and oxygen atoms in total. The Morgan fingerprint density at radius 1 is 1.05 bits per heavy atom. The lowest BCUT2D eigenvalue weighted by Crippen LogP contribution is -1.92. The number of carbonyl (C=O) groups is 1. The van der Waals surface area contributed by atoms with Crippen LogP contribution >= 0.6 is 35.0 Å². The highest BCUT2D eigenvalue weighted by Crippen LogP contribution is 2.37. The van der Waals surface area contributed by atoms with Crippen LogP contribution < -0.4 is 0 Å². The van der Waals surface area contributed by atoms with E-state index in [9.17, 15) is 13.6 Å². The predicted molar refractivity (Wildman–Crippen MR) is 72.3 cm³/mol.